The van der Waals surface area contributed by atoms with E-state index >= 15 is 0 Å². The molecule has 0 aromatic heterocycles. The van der Waals surface area contributed by atoms with Crippen molar-refractivity contribution < 1.29 is 23.9 Å². The number of carbonyl (C=O) groups excluding carboxylic acids is 4. The van der Waals surface area contributed by atoms with Crippen LogP contribution in [0.2, 0.25) is 0 Å². The van der Waals surface area contributed by atoms with E-state index in [2.05, 4.69) is 5.32 Å². The van der Waals surface area contributed by atoms with Crippen LogP contribution in [-0.4, -0.2) is 54.5 Å². The maximum atomic E-state index is 13.0. The van der Waals surface area contributed by atoms with Crippen molar-refractivity contribution in [3.63, 3.8) is 0 Å². The summed E-state index contributed by atoms with van der Waals surface area (Å²) in [6.07, 6.45) is 1.05. The number of fused-ring (bicyclic) bond motifs is 3. The molecule has 1 atom stereocenters. The number of carbonyl (C=O) groups is 4. The van der Waals surface area contributed by atoms with Gasteiger partial charge in [-0.1, -0.05) is 26.0 Å². The monoisotopic (exact) mass is 387 g/mol. The molecule has 0 bridgehead atoms. The molecule has 2 aliphatic heterocycles. The zero-order valence-electron chi connectivity index (χ0n) is 16.4. The van der Waals surface area contributed by atoms with E-state index in [1.54, 1.807) is 24.3 Å². The molecule has 0 aliphatic carbocycles. The highest BCUT2D eigenvalue weighted by Crippen LogP contribution is 2.44. The molecule has 0 spiro atoms. The van der Waals surface area contributed by atoms with Crippen LogP contribution in [0.15, 0.2) is 24.3 Å². The van der Waals surface area contributed by atoms with E-state index in [4.69, 9.17) is 4.74 Å². The third-order valence-electron chi connectivity index (χ3n) is 5.25. The van der Waals surface area contributed by atoms with Crippen molar-refractivity contribution in [3.05, 3.63) is 29.8 Å². The Morgan fingerprint density at radius 2 is 1.96 bits per heavy atom. The van der Waals surface area contributed by atoms with Gasteiger partial charge < -0.3 is 15.0 Å². The van der Waals surface area contributed by atoms with Crippen LogP contribution in [-0.2, 0) is 19.1 Å². The SMILES string of the molecule is CC(C)CCNC(=O)COC(=O)[C@@]12CCC(=O)N1c1ccccc1C(=O)N2C. The van der Waals surface area contributed by atoms with Gasteiger partial charge in [-0.25, -0.2) is 4.79 Å². The van der Waals surface area contributed by atoms with Gasteiger partial charge in [-0.15, -0.1) is 0 Å². The quantitative estimate of drug-likeness (QED) is 0.743. The first-order valence-corrected chi connectivity index (χ1v) is 9.43. The fourth-order valence-electron chi connectivity index (χ4n) is 3.69. The fourth-order valence-corrected chi connectivity index (χ4v) is 3.69. The summed E-state index contributed by atoms with van der Waals surface area (Å²) in [6.45, 7) is 4.13. The van der Waals surface area contributed by atoms with Crippen LogP contribution >= 0.6 is 0 Å². The Labute approximate surface area is 163 Å². The van der Waals surface area contributed by atoms with Gasteiger partial charge in [-0.05, 0) is 24.5 Å². The number of benzene rings is 1. The number of nitrogens with one attached hydrogen (secondary N) is 1. The lowest BCUT2D eigenvalue weighted by Gasteiger charge is -2.46. The maximum absolute atomic E-state index is 13.0. The van der Waals surface area contributed by atoms with E-state index in [0.29, 0.717) is 23.7 Å². The standard InChI is InChI=1S/C20H25N3O5/c1-13(2)9-11-21-16(24)12-28-19(27)20-10-8-17(25)23(20)15-7-5-4-6-14(15)18(26)22(20)3/h4-7,13H,8-12H2,1-3H3,(H,21,24)/t20-/m1/s1. The molecule has 8 nitrogen and oxygen atoms in total. The molecule has 0 unspecified atom stereocenters. The number of nitrogens with zero attached hydrogens (tertiary/aromatic N) is 2. The highest BCUT2D eigenvalue weighted by atomic mass is 16.5. The van der Waals surface area contributed by atoms with Gasteiger partial charge >= 0.3 is 5.97 Å². The van der Waals surface area contributed by atoms with Crippen molar-refractivity contribution in [2.75, 3.05) is 25.1 Å². The topological polar surface area (TPSA) is 96.0 Å². The summed E-state index contributed by atoms with van der Waals surface area (Å²) >= 11 is 0. The highest BCUT2D eigenvalue weighted by molar-refractivity contribution is 6.15. The molecular formula is C20H25N3O5. The van der Waals surface area contributed by atoms with Gasteiger partial charge in [0.2, 0.25) is 11.6 Å². The molecule has 8 heteroatoms. The lowest BCUT2D eigenvalue weighted by atomic mass is 9.97. The predicted molar refractivity (Wildman–Crippen MR) is 101 cm³/mol. The second-order valence-corrected chi connectivity index (χ2v) is 7.54. The lowest BCUT2D eigenvalue weighted by Crippen LogP contribution is -2.67. The Bertz CT molecular complexity index is 822. The van der Waals surface area contributed by atoms with E-state index < -0.39 is 24.1 Å². The van der Waals surface area contributed by atoms with Crippen molar-refractivity contribution in [1.82, 2.24) is 10.2 Å². The van der Waals surface area contributed by atoms with Gasteiger partial charge in [-0.3, -0.25) is 19.3 Å². The third-order valence-corrected chi connectivity index (χ3v) is 5.25. The first-order chi connectivity index (χ1) is 13.3. The zero-order chi connectivity index (χ0) is 20.5. The largest absolute Gasteiger partial charge is 0.452 e. The number of hydrogen-bond donors (Lipinski definition) is 1. The summed E-state index contributed by atoms with van der Waals surface area (Å²) in [5, 5.41) is 2.70. The second kappa shape index (κ2) is 7.61. The molecule has 1 aromatic carbocycles. The van der Waals surface area contributed by atoms with Crippen LogP contribution in [0.25, 0.3) is 0 Å². The summed E-state index contributed by atoms with van der Waals surface area (Å²) in [7, 11) is 1.48. The van der Waals surface area contributed by atoms with Crippen LogP contribution in [0.4, 0.5) is 5.69 Å². The van der Waals surface area contributed by atoms with E-state index in [-0.39, 0.29) is 24.7 Å². The summed E-state index contributed by atoms with van der Waals surface area (Å²) in [5.41, 5.74) is -0.803. The Balaban J connectivity index is 1.79. The summed E-state index contributed by atoms with van der Waals surface area (Å²) in [6, 6.07) is 6.68. The molecule has 0 saturated carbocycles. The number of rotatable bonds is 6. The Morgan fingerprint density at radius 3 is 2.68 bits per heavy atom. The molecule has 1 fully saturated rings. The molecule has 1 aromatic rings. The number of amides is 3. The first-order valence-electron chi connectivity index (χ1n) is 9.43. The third kappa shape index (κ3) is 3.23. The van der Waals surface area contributed by atoms with E-state index in [9.17, 15) is 19.2 Å². The maximum Gasteiger partial charge on any atom is 0.354 e. The Hall–Kier alpha value is -2.90. The van der Waals surface area contributed by atoms with Crippen LogP contribution in [0.3, 0.4) is 0 Å². The molecule has 1 N–H and O–H groups in total. The second-order valence-electron chi connectivity index (χ2n) is 7.54. The molecule has 2 heterocycles. The van der Waals surface area contributed by atoms with Gasteiger partial charge in [0.15, 0.2) is 6.61 Å². The first kappa shape index (κ1) is 19.9. The number of esters is 1. The molecule has 0 radical (unpaired) electrons. The summed E-state index contributed by atoms with van der Waals surface area (Å²) in [5.74, 6) is -1.36. The Morgan fingerprint density at radius 1 is 1.25 bits per heavy atom. The van der Waals surface area contributed by atoms with E-state index in [0.717, 1.165) is 6.42 Å². The van der Waals surface area contributed by atoms with Crippen molar-refractivity contribution >= 4 is 29.4 Å². The van der Waals surface area contributed by atoms with Crippen LogP contribution in [0.1, 0.15) is 43.5 Å². The van der Waals surface area contributed by atoms with Crippen molar-refractivity contribution in [1.29, 1.82) is 0 Å². The van der Waals surface area contributed by atoms with Crippen LogP contribution in [0.5, 0.6) is 0 Å². The van der Waals surface area contributed by atoms with Crippen LogP contribution in [0, 0.1) is 5.92 Å². The van der Waals surface area contributed by atoms with Gasteiger partial charge in [0.05, 0.1) is 11.3 Å². The number of para-hydroxylation sites is 1. The van der Waals surface area contributed by atoms with Crippen molar-refractivity contribution in [3.8, 4) is 0 Å². The number of anilines is 1. The van der Waals surface area contributed by atoms with Crippen molar-refractivity contribution in [2.24, 2.45) is 5.92 Å². The molecule has 1 saturated heterocycles. The summed E-state index contributed by atoms with van der Waals surface area (Å²) < 4.78 is 5.25. The fraction of sp³-hybridized carbons (Fsp3) is 0.500. The lowest BCUT2D eigenvalue weighted by molar-refractivity contribution is -0.159. The van der Waals surface area contributed by atoms with Crippen LogP contribution < -0.4 is 10.2 Å². The zero-order valence-corrected chi connectivity index (χ0v) is 16.4. The van der Waals surface area contributed by atoms with Gasteiger partial charge in [0, 0.05) is 26.4 Å². The van der Waals surface area contributed by atoms with Gasteiger partial charge in [0.1, 0.15) is 0 Å². The smallest absolute Gasteiger partial charge is 0.354 e. The molecular weight excluding hydrogens is 362 g/mol. The van der Waals surface area contributed by atoms with E-state index in [1.165, 1.54) is 16.8 Å². The minimum atomic E-state index is -1.55. The summed E-state index contributed by atoms with van der Waals surface area (Å²) in [4.78, 5) is 53.0. The number of likely N-dealkylation sites (N-methyl/N-ethyl adjacent to an activating group) is 1. The number of hydrogen-bond acceptors (Lipinski definition) is 5. The van der Waals surface area contributed by atoms with Crippen molar-refractivity contribution in [2.45, 2.75) is 38.8 Å². The normalized spacial score (nSPS) is 20.9. The molecule has 2 aliphatic rings. The minimum absolute atomic E-state index is 0.113. The highest BCUT2D eigenvalue weighted by Gasteiger charge is 2.60. The minimum Gasteiger partial charge on any atom is -0.452 e. The van der Waals surface area contributed by atoms with Gasteiger partial charge in [-0.2, -0.15) is 0 Å². The molecule has 150 valence electrons. The molecule has 28 heavy (non-hydrogen) atoms. The van der Waals surface area contributed by atoms with E-state index in [1.807, 2.05) is 13.8 Å². The Kier molecular flexibility index (Phi) is 5.40. The average Bonchev–Trinajstić information content (AvgIpc) is 3.02. The molecule has 3 rings (SSSR count). The predicted octanol–water partition coefficient (Wildman–Crippen LogP) is 1.30. The molecule has 3 amide bonds. The van der Waals surface area contributed by atoms with Gasteiger partial charge in [0.25, 0.3) is 11.8 Å². The average molecular weight is 387 g/mol. The number of ether oxygens (including phenoxy) is 1.